The fourth-order valence-electron chi connectivity index (χ4n) is 1.95. The minimum absolute atomic E-state index is 0. The molecule has 0 aromatic heterocycles. The van der Waals surface area contributed by atoms with E-state index in [0.717, 1.165) is 18.4 Å². The number of carbonyl (C=O) groups excluding carboxylic acids is 1. The molecule has 1 aromatic rings. The highest BCUT2D eigenvalue weighted by Gasteiger charge is 2.12. The Morgan fingerprint density at radius 2 is 1.80 bits per heavy atom. The quantitative estimate of drug-likeness (QED) is 0.553. The third-order valence-corrected chi connectivity index (χ3v) is 3.13. The molecule has 2 N–H and O–H groups in total. The zero-order chi connectivity index (χ0) is 13.9. The summed E-state index contributed by atoms with van der Waals surface area (Å²) >= 11 is 0. The number of halogens is 1. The monoisotopic (exact) mass is 299 g/mol. The highest BCUT2D eigenvalue weighted by molar-refractivity contribution is 5.85. The number of hydrogen-bond donors (Lipinski definition) is 1. The van der Waals surface area contributed by atoms with E-state index in [0.29, 0.717) is 6.61 Å². The average Bonchev–Trinajstić information content (AvgIpc) is 2.43. The van der Waals surface area contributed by atoms with Crippen LogP contribution in [0.5, 0.6) is 0 Å². The number of esters is 1. The predicted molar refractivity (Wildman–Crippen MR) is 85.0 cm³/mol. The van der Waals surface area contributed by atoms with Crippen molar-refractivity contribution in [2.45, 2.75) is 51.5 Å². The Labute approximate surface area is 128 Å². The standard InChI is InChI=1S/C16H25NO2.ClH/c1-2-3-4-5-9-12-19-16(18)13-15(17)14-10-7-6-8-11-14;/h6-8,10-11,15H,2-5,9,12-13,17H2,1H3;1H. The number of nitrogens with two attached hydrogens (primary N) is 1. The van der Waals surface area contributed by atoms with Crippen molar-refractivity contribution < 1.29 is 9.53 Å². The number of rotatable bonds is 9. The van der Waals surface area contributed by atoms with Gasteiger partial charge in [-0.05, 0) is 12.0 Å². The third-order valence-electron chi connectivity index (χ3n) is 3.13. The van der Waals surface area contributed by atoms with Crippen LogP contribution in [0.4, 0.5) is 0 Å². The smallest absolute Gasteiger partial charge is 0.307 e. The second kappa shape index (κ2) is 11.7. The molecule has 1 aromatic carbocycles. The number of hydrogen-bond acceptors (Lipinski definition) is 3. The van der Waals surface area contributed by atoms with Gasteiger partial charge >= 0.3 is 5.97 Å². The molecule has 1 unspecified atom stereocenters. The van der Waals surface area contributed by atoms with Gasteiger partial charge in [0.25, 0.3) is 0 Å². The lowest BCUT2D eigenvalue weighted by Crippen LogP contribution is -2.17. The van der Waals surface area contributed by atoms with E-state index < -0.39 is 0 Å². The molecule has 0 saturated carbocycles. The zero-order valence-electron chi connectivity index (χ0n) is 12.2. The number of ether oxygens (including phenoxy) is 1. The van der Waals surface area contributed by atoms with Crippen molar-refractivity contribution in [3.05, 3.63) is 35.9 Å². The molecule has 0 fully saturated rings. The summed E-state index contributed by atoms with van der Waals surface area (Å²) in [4.78, 5) is 11.6. The molecule has 114 valence electrons. The summed E-state index contributed by atoms with van der Waals surface area (Å²) in [5.74, 6) is -0.202. The van der Waals surface area contributed by atoms with Crippen LogP contribution < -0.4 is 5.73 Å². The molecule has 0 spiro atoms. The van der Waals surface area contributed by atoms with Gasteiger partial charge in [-0.25, -0.2) is 0 Å². The van der Waals surface area contributed by atoms with E-state index >= 15 is 0 Å². The molecule has 0 amide bonds. The molecule has 0 radical (unpaired) electrons. The Morgan fingerprint density at radius 3 is 2.45 bits per heavy atom. The van der Waals surface area contributed by atoms with Gasteiger partial charge in [0.05, 0.1) is 13.0 Å². The average molecular weight is 300 g/mol. The molecule has 0 heterocycles. The van der Waals surface area contributed by atoms with Crippen LogP contribution in [0.3, 0.4) is 0 Å². The molecular weight excluding hydrogens is 274 g/mol. The summed E-state index contributed by atoms with van der Waals surface area (Å²) in [6, 6.07) is 9.38. The first-order chi connectivity index (χ1) is 9.24. The summed E-state index contributed by atoms with van der Waals surface area (Å²) in [6.45, 7) is 2.70. The number of unbranched alkanes of at least 4 members (excludes halogenated alkanes) is 4. The Bertz CT molecular complexity index is 357. The van der Waals surface area contributed by atoms with E-state index in [2.05, 4.69) is 6.92 Å². The van der Waals surface area contributed by atoms with E-state index in [4.69, 9.17) is 10.5 Å². The molecule has 0 saturated heterocycles. The van der Waals surface area contributed by atoms with E-state index in [1.807, 2.05) is 30.3 Å². The van der Waals surface area contributed by atoms with Crippen LogP contribution in [-0.4, -0.2) is 12.6 Å². The van der Waals surface area contributed by atoms with Crippen molar-refractivity contribution in [1.29, 1.82) is 0 Å². The van der Waals surface area contributed by atoms with Crippen LogP contribution in [0.1, 0.15) is 57.1 Å². The van der Waals surface area contributed by atoms with Crippen molar-refractivity contribution in [1.82, 2.24) is 0 Å². The van der Waals surface area contributed by atoms with Crippen LogP contribution in [0.2, 0.25) is 0 Å². The first kappa shape index (κ1) is 18.9. The Kier molecular flexibility index (Phi) is 11.1. The maximum absolute atomic E-state index is 11.6. The maximum Gasteiger partial charge on any atom is 0.307 e. The molecule has 0 aliphatic heterocycles. The maximum atomic E-state index is 11.6. The van der Waals surface area contributed by atoms with Gasteiger partial charge in [-0.3, -0.25) is 4.79 Å². The molecule has 0 aliphatic rings. The van der Waals surface area contributed by atoms with E-state index in [-0.39, 0.29) is 30.8 Å². The lowest BCUT2D eigenvalue weighted by Gasteiger charge is -2.11. The molecule has 0 aliphatic carbocycles. The fourth-order valence-corrected chi connectivity index (χ4v) is 1.95. The third kappa shape index (κ3) is 8.18. The van der Waals surface area contributed by atoms with E-state index in [1.165, 1.54) is 19.3 Å². The summed E-state index contributed by atoms with van der Waals surface area (Å²) in [6.07, 6.45) is 6.03. The summed E-state index contributed by atoms with van der Waals surface area (Å²) in [5.41, 5.74) is 6.94. The molecule has 1 atom stereocenters. The van der Waals surface area contributed by atoms with Gasteiger partial charge in [-0.2, -0.15) is 0 Å². The van der Waals surface area contributed by atoms with Gasteiger partial charge in [0.2, 0.25) is 0 Å². The van der Waals surface area contributed by atoms with E-state index in [9.17, 15) is 4.79 Å². The fraction of sp³-hybridized carbons (Fsp3) is 0.562. The molecule has 3 nitrogen and oxygen atoms in total. The second-order valence-electron chi connectivity index (χ2n) is 4.86. The van der Waals surface area contributed by atoms with Crippen molar-refractivity contribution >= 4 is 18.4 Å². The lowest BCUT2D eigenvalue weighted by atomic mass is 10.1. The minimum Gasteiger partial charge on any atom is -0.466 e. The summed E-state index contributed by atoms with van der Waals surface area (Å²) in [5, 5.41) is 0. The number of benzene rings is 1. The molecule has 0 bridgehead atoms. The van der Waals surface area contributed by atoms with Gasteiger partial charge in [-0.1, -0.05) is 62.9 Å². The first-order valence-electron chi connectivity index (χ1n) is 7.20. The molecule has 1 rings (SSSR count). The zero-order valence-corrected chi connectivity index (χ0v) is 13.0. The Balaban J connectivity index is 0.00000361. The van der Waals surface area contributed by atoms with Crippen LogP contribution in [-0.2, 0) is 9.53 Å². The molecule has 20 heavy (non-hydrogen) atoms. The van der Waals surface area contributed by atoms with Gasteiger partial charge < -0.3 is 10.5 Å². The Morgan fingerprint density at radius 1 is 1.15 bits per heavy atom. The highest BCUT2D eigenvalue weighted by atomic mass is 35.5. The Hall–Kier alpha value is -1.06. The first-order valence-corrected chi connectivity index (χ1v) is 7.20. The van der Waals surface area contributed by atoms with Crippen molar-refractivity contribution in [3.8, 4) is 0 Å². The second-order valence-corrected chi connectivity index (χ2v) is 4.86. The van der Waals surface area contributed by atoms with Crippen molar-refractivity contribution in [2.24, 2.45) is 5.73 Å². The van der Waals surface area contributed by atoms with Gasteiger partial charge in [-0.15, -0.1) is 12.4 Å². The van der Waals surface area contributed by atoms with Crippen LogP contribution >= 0.6 is 12.4 Å². The minimum atomic E-state index is -0.270. The largest absolute Gasteiger partial charge is 0.466 e. The van der Waals surface area contributed by atoms with Crippen LogP contribution in [0, 0.1) is 0 Å². The topological polar surface area (TPSA) is 52.3 Å². The number of carbonyl (C=O) groups is 1. The lowest BCUT2D eigenvalue weighted by molar-refractivity contribution is -0.144. The van der Waals surface area contributed by atoms with Gasteiger partial charge in [0.15, 0.2) is 0 Å². The van der Waals surface area contributed by atoms with Crippen molar-refractivity contribution in [3.63, 3.8) is 0 Å². The SMILES string of the molecule is CCCCCCCOC(=O)CC(N)c1ccccc1.Cl. The molecular formula is C16H26ClNO2. The molecule has 4 heteroatoms. The van der Waals surface area contributed by atoms with Crippen LogP contribution in [0.25, 0.3) is 0 Å². The van der Waals surface area contributed by atoms with Crippen LogP contribution in [0.15, 0.2) is 30.3 Å². The summed E-state index contributed by atoms with van der Waals surface area (Å²) < 4.78 is 5.20. The van der Waals surface area contributed by atoms with E-state index in [1.54, 1.807) is 0 Å². The van der Waals surface area contributed by atoms with Crippen molar-refractivity contribution in [2.75, 3.05) is 6.61 Å². The van der Waals surface area contributed by atoms with Gasteiger partial charge in [0.1, 0.15) is 0 Å². The summed E-state index contributed by atoms with van der Waals surface area (Å²) in [7, 11) is 0. The highest BCUT2D eigenvalue weighted by Crippen LogP contribution is 2.14. The van der Waals surface area contributed by atoms with Gasteiger partial charge in [0, 0.05) is 6.04 Å². The normalized spacial score (nSPS) is 11.5. The predicted octanol–water partition coefficient (Wildman–Crippen LogP) is 4.01.